The first-order valence-corrected chi connectivity index (χ1v) is 10.2. The molecule has 0 saturated carbocycles. The van der Waals surface area contributed by atoms with Gasteiger partial charge in [-0.05, 0) is 32.0 Å². The maximum absolute atomic E-state index is 5.43. The number of guanidine groups is 1. The fourth-order valence-electron chi connectivity index (χ4n) is 3.23. The van der Waals surface area contributed by atoms with Crippen LogP contribution in [0.1, 0.15) is 13.8 Å². The first-order valence-electron chi connectivity index (χ1n) is 10.2. The summed E-state index contributed by atoms with van der Waals surface area (Å²) in [5.41, 5.74) is 1.01. The third-order valence-corrected chi connectivity index (χ3v) is 4.85. The lowest BCUT2D eigenvalue weighted by Gasteiger charge is -2.31. The van der Waals surface area contributed by atoms with E-state index in [4.69, 9.17) is 9.73 Å². The highest BCUT2D eigenvalue weighted by molar-refractivity contribution is 5.80. The van der Waals surface area contributed by atoms with Gasteiger partial charge >= 0.3 is 0 Å². The second kappa shape index (κ2) is 10.8. The van der Waals surface area contributed by atoms with E-state index < -0.39 is 0 Å². The SMILES string of the molecule is CCNC(=NCC(C)N1CCOCC1)NCCNc1ccc2ccccc2n1. The van der Waals surface area contributed by atoms with E-state index in [0.29, 0.717) is 6.04 Å². The average molecular weight is 385 g/mol. The Hall–Kier alpha value is -2.38. The number of hydrogen-bond acceptors (Lipinski definition) is 5. The molecule has 1 fully saturated rings. The molecule has 3 N–H and O–H groups in total. The zero-order valence-electron chi connectivity index (χ0n) is 16.9. The molecule has 1 aliphatic heterocycles. The van der Waals surface area contributed by atoms with Gasteiger partial charge in [-0.1, -0.05) is 18.2 Å². The molecule has 1 aliphatic rings. The molecule has 1 atom stereocenters. The molecule has 3 rings (SSSR count). The van der Waals surface area contributed by atoms with Crippen LogP contribution < -0.4 is 16.0 Å². The van der Waals surface area contributed by atoms with E-state index in [1.54, 1.807) is 0 Å². The van der Waals surface area contributed by atoms with E-state index in [1.807, 2.05) is 24.3 Å². The van der Waals surface area contributed by atoms with Crippen LogP contribution in [0.25, 0.3) is 10.9 Å². The molecule has 2 aromatic rings. The maximum Gasteiger partial charge on any atom is 0.191 e. The van der Waals surface area contributed by atoms with Crippen molar-refractivity contribution in [3.63, 3.8) is 0 Å². The lowest BCUT2D eigenvalue weighted by atomic mass is 10.2. The fraction of sp³-hybridized carbons (Fsp3) is 0.524. The Bertz CT molecular complexity index is 759. The zero-order chi connectivity index (χ0) is 19.6. The van der Waals surface area contributed by atoms with Crippen LogP contribution in [0.5, 0.6) is 0 Å². The Balaban J connectivity index is 1.44. The van der Waals surface area contributed by atoms with E-state index in [2.05, 4.69) is 51.8 Å². The van der Waals surface area contributed by atoms with Crippen molar-refractivity contribution < 1.29 is 4.74 Å². The largest absolute Gasteiger partial charge is 0.379 e. The van der Waals surface area contributed by atoms with Gasteiger partial charge in [0, 0.05) is 44.2 Å². The summed E-state index contributed by atoms with van der Waals surface area (Å²) >= 11 is 0. The van der Waals surface area contributed by atoms with Gasteiger partial charge in [-0.15, -0.1) is 0 Å². The number of nitrogens with zero attached hydrogens (tertiary/aromatic N) is 3. The number of para-hydroxylation sites is 1. The normalized spacial score (nSPS) is 16.7. The second-order valence-electron chi connectivity index (χ2n) is 6.96. The van der Waals surface area contributed by atoms with Gasteiger partial charge < -0.3 is 20.7 Å². The number of aliphatic imine (C=N–C) groups is 1. The van der Waals surface area contributed by atoms with Gasteiger partial charge in [-0.2, -0.15) is 0 Å². The van der Waals surface area contributed by atoms with Gasteiger partial charge in [0.05, 0.1) is 25.3 Å². The number of anilines is 1. The van der Waals surface area contributed by atoms with Crippen molar-refractivity contribution in [1.82, 2.24) is 20.5 Å². The minimum Gasteiger partial charge on any atom is -0.379 e. The van der Waals surface area contributed by atoms with Crippen molar-refractivity contribution in [2.45, 2.75) is 19.9 Å². The summed E-state index contributed by atoms with van der Waals surface area (Å²) in [6.45, 7) is 11.1. The third kappa shape index (κ3) is 6.07. The number of benzene rings is 1. The molecule has 0 radical (unpaired) electrons. The van der Waals surface area contributed by atoms with Crippen molar-refractivity contribution in [3.8, 4) is 0 Å². The van der Waals surface area contributed by atoms with E-state index in [9.17, 15) is 0 Å². The highest BCUT2D eigenvalue weighted by atomic mass is 16.5. The lowest BCUT2D eigenvalue weighted by Crippen LogP contribution is -2.45. The predicted octanol–water partition coefficient (Wildman–Crippen LogP) is 1.92. The topological polar surface area (TPSA) is 73.8 Å². The Morgan fingerprint density at radius 2 is 1.96 bits per heavy atom. The van der Waals surface area contributed by atoms with Crippen LogP contribution in [0, 0.1) is 0 Å². The molecule has 0 bridgehead atoms. The molecular formula is C21H32N6O. The van der Waals surface area contributed by atoms with E-state index >= 15 is 0 Å². The summed E-state index contributed by atoms with van der Waals surface area (Å²) in [6, 6.07) is 12.7. The summed E-state index contributed by atoms with van der Waals surface area (Å²) in [4.78, 5) is 11.8. The van der Waals surface area contributed by atoms with Crippen molar-refractivity contribution in [3.05, 3.63) is 36.4 Å². The van der Waals surface area contributed by atoms with Crippen LogP contribution in [0.3, 0.4) is 0 Å². The number of nitrogens with one attached hydrogen (secondary N) is 3. The van der Waals surface area contributed by atoms with Crippen molar-refractivity contribution in [2.24, 2.45) is 4.99 Å². The third-order valence-electron chi connectivity index (χ3n) is 4.85. The minimum absolute atomic E-state index is 0.416. The van der Waals surface area contributed by atoms with Gasteiger partial charge in [-0.25, -0.2) is 4.98 Å². The van der Waals surface area contributed by atoms with Crippen molar-refractivity contribution in [2.75, 3.05) is 57.8 Å². The maximum atomic E-state index is 5.43. The van der Waals surface area contributed by atoms with Gasteiger partial charge in [-0.3, -0.25) is 9.89 Å². The summed E-state index contributed by atoms with van der Waals surface area (Å²) in [5, 5.41) is 11.2. The van der Waals surface area contributed by atoms with E-state index in [1.165, 1.54) is 0 Å². The molecule has 28 heavy (non-hydrogen) atoms. The molecule has 1 unspecified atom stereocenters. The summed E-state index contributed by atoms with van der Waals surface area (Å²) < 4.78 is 5.43. The van der Waals surface area contributed by atoms with Gasteiger partial charge in [0.15, 0.2) is 5.96 Å². The number of hydrogen-bond donors (Lipinski definition) is 3. The Kier molecular flexibility index (Phi) is 7.87. The molecule has 0 amide bonds. The summed E-state index contributed by atoms with van der Waals surface area (Å²) in [7, 11) is 0. The van der Waals surface area contributed by atoms with Crippen LogP contribution in [0.4, 0.5) is 5.82 Å². The molecule has 1 aromatic heterocycles. The summed E-state index contributed by atoms with van der Waals surface area (Å²) in [5.74, 6) is 1.75. The second-order valence-corrected chi connectivity index (χ2v) is 6.96. The average Bonchev–Trinajstić information content (AvgIpc) is 2.75. The van der Waals surface area contributed by atoms with Crippen LogP contribution in [-0.2, 0) is 4.74 Å². The molecule has 2 heterocycles. The van der Waals surface area contributed by atoms with E-state index in [0.717, 1.165) is 75.2 Å². The predicted molar refractivity (Wildman–Crippen MR) is 116 cm³/mol. The van der Waals surface area contributed by atoms with Crippen LogP contribution in [-0.4, -0.2) is 74.4 Å². The quantitative estimate of drug-likeness (QED) is 0.367. The number of ether oxygens (including phenoxy) is 1. The van der Waals surface area contributed by atoms with E-state index in [-0.39, 0.29) is 0 Å². The molecule has 1 aromatic carbocycles. The molecule has 0 spiro atoms. The Labute approximate surface area is 167 Å². The highest BCUT2D eigenvalue weighted by Crippen LogP contribution is 2.14. The standard InChI is InChI=1S/C21H32N6O/c1-3-22-21(25-16-17(2)27-12-14-28-15-13-27)24-11-10-23-20-9-8-18-6-4-5-7-19(18)26-20/h4-9,17H,3,10-16H2,1-2H3,(H,23,26)(H2,22,24,25). The van der Waals surface area contributed by atoms with Crippen LogP contribution >= 0.6 is 0 Å². The smallest absolute Gasteiger partial charge is 0.191 e. The van der Waals surface area contributed by atoms with Gasteiger partial charge in [0.1, 0.15) is 5.82 Å². The Morgan fingerprint density at radius 3 is 2.79 bits per heavy atom. The fourth-order valence-corrected chi connectivity index (χ4v) is 3.23. The highest BCUT2D eigenvalue weighted by Gasteiger charge is 2.16. The molecular weight excluding hydrogens is 352 g/mol. The molecule has 0 aliphatic carbocycles. The Morgan fingerprint density at radius 1 is 1.14 bits per heavy atom. The van der Waals surface area contributed by atoms with Crippen molar-refractivity contribution in [1.29, 1.82) is 0 Å². The molecule has 7 nitrogen and oxygen atoms in total. The van der Waals surface area contributed by atoms with Gasteiger partial charge in [0.25, 0.3) is 0 Å². The number of pyridine rings is 1. The van der Waals surface area contributed by atoms with Crippen LogP contribution in [0.2, 0.25) is 0 Å². The van der Waals surface area contributed by atoms with Gasteiger partial charge in [0.2, 0.25) is 0 Å². The lowest BCUT2D eigenvalue weighted by molar-refractivity contribution is 0.0220. The van der Waals surface area contributed by atoms with Crippen molar-refractivity contribution >= 4 is 22.7 Å². The number of fused-ring (bicyclic) bond motifs is 1. The first-order chi connectivity index (χ1) is 13.8. The monoisotopic (exact) mass is 384 g/mol. The molecule has 7 heteroatoms. The number of rotatable bonds is 8. The molecule has 152 valence electrons. The zero-order valence-corrected chi connectivity index (χ0v) is 16.9. The molecule has 1 saturated heterocycles. The number of aromatic nitrogens is 1. The van der Waals surface area contributed by atoms with Crippen LogP contribution in [0.15, 0.2) is 41.4 Å². The first kappa shape index (κ1) is 20.4. The minimum atomic E-state index is 0.416. The number of morpholine rings is 1. The summed E-state index contributed by atoms with van der Waals surface area (Å²) in [6.07, 6.45) is 0.